The van der Waals surface area contributed by atoms with E-state index in [1.807, 2.05) is 0 Å². The first-order chi connectivity index (χ1) is 8.49. The van der Waals surface area contributed by atoms with Gasteiger partial charge in [-0.2, -0.15) is 0 Å². The van der Waals surface area contributed by atoms with Crippen molar-refractivity contribution < 1.29 is 13.2 Å². The molecule has 1 heterocycles. The van der Waals surface area contributed by atoms with E-state index in [1.54, 1.807) is 19.1 Å². The minimum absolute atomic E-state index is 0.119. The lowest BCUT2D eigenvalue weighted by Crippen LogP contribution is -2.43. The van der Waals surface area contributed by atoms with Crippen LogP contribution < -0.4 is 10.0 Å². The topological polar surface area (TPSA) is 75.3 Å². The van der Waals surface area contributed by atoms with Crippen LogP contribution >= 0.6 is 0 Å². The second-order valence-electron chi connectivity index (χ2n) is 4.44. The van der Waals surface area contributed by atoms with E-state index in [9.17, 15) is 13.2 Å². The van der Waals surface area contributed by atoms with Crippen molar-refractivity contribution in [2.75, 3.05) is 6.54 Å². The molecule has 1 atom stereocenters. The summed E-state index contributed by atoms with van der Waals surface area (Å²) in [5.74, 6) is -0.478. The van der Waals surface area contributed by atoms with Crippen LogP contribution in [0.4, 0.5) is 0 Å². The molecule has 0 spiro atoms. The number of nitrogens with one attached hydrogen (secondary N) is 2. The predicted octanol–water partition coefficient (Wildman–Crippen LogP) is 0.552. The van der Waals surface area contributed by atoms with Gasteiger partial charge in [0.1, 0.15) is 0 Å². The van der Waals surface area contributed by atoms with Gasteiger partial charge in [-0.3, -0.25) is 4.79 Å². The third-order valence-electron chi connectivity index (χ3n) is 2.91. The zero-order valence-corrected chi connectivity index (χ0v) is 11.0. The lowest BCUT2D eigenvalue weighted by atomic mass is 10.2. The molecule has 1 aromatic carbocycles. The highest BCUT2D eigenvalue weighted by molar-refractivity contribution is 7.90. The highest BCUT2D eigenvalue weighted by Gasteiger charge is 2.26. The third-order valence-corrected chi connectivity index (χ3v) is 4.26. The molecule has 0 aromatic heterocycles. The fourth-order valence-electron chi connectivity index (χ4n) is 1.95. The van der Waals surface area contributed by atoms with Crippen LogP contribution in [0.15, 0.2) is 29.2 Å². The molecule has 0 unspecified atom stereocenters. The summed E-state index contributed by atoms with van der Waals surface area (Å²) >= 11 is 0. The number of benzene rings is 1. The molecule has 1 aliphatic rings. The van der Waals surface area contributed by atoms with Gasteiger partial charge in [0.05, 0.1) is 10.9 Å². The van der Waals surface area contributed by atoms with Crippen molar-refractivity contribution in [1.82, 2.24) is 10.0 Å². The highest BCUT2D eigenvalue weighted by atomic mass is 32.2. The van der Waals surface area contributed by atoms with Crippen molar-refractivity contribution in [2.45, 2.75) is 30.7 Å². The Bertz CT molecular complexity index is 548. The van der Waals surface area contributed by atoms with Gasteiger partial charge < -0.3 is 5.32 Å². The van der Waals surface area contributed by atoms with E-state index in [0.29, 0.717) is 6.42 Å². The molecule has 0 saturated carbocycles. The highest BCUT2D eigenvalue weighted by Crippen LogP contribution is 2.12. The van der Waals surface area contributed by atoms with Gasteiger partial charge in [0.2, 0.25) is 0 Å². The number of carbonyl (C=O) groups is 1. The van der Waals surface area contributed by atoms with Crippen molar-refractivity contribution in [3.8, 4) is 0 Å². The number of carbonyl (C=O) groups excluding carboxylic acids is 1. The number of aryl methyl sites for hydroxylation is 1. The molecule has 0 bridgehead atoms. The number of amides is 1. The van der Waals surface area contributed by atoms with Crippen LogP contribution in [-0.4, -0.2) is 26.9 Å². The average molecular weight is 268 g/mol. The minimum Gasteiger partial charge on any atom is -0.306 e. The van der Waals surface area contributed by atoms with Crippen LogP contribution in [-0.2, 0) is 14.8 Å². The van der Waals surface area contributed by atoms with E-state index in [2.05, 4.69) is 10.0 Å². The van der Waals surface area contributed by atoms with E-state index in [4.69, 9.17) is 0 Å². The number of hydrogen-bond acceptors (Lipinski definition) is 4. The fourth-order valence-corrected chi connectivity index (χ4v) is 3.08. The van der Waals surface area contributed by atoms with Gasteiger partial charge in [0, 0.05) is 0 Å². The van der Waals surface area contributed by atoms with Crippen LogP contribution in [0.3, 0.4) is 0 Å². The SMILES string of the molecule is Cc1cccc(S(=O)(=O)NC(=O)[C@H]2CCCN2)c1. The standard InChI is InChI=1S/C12H16N2O3S/c1-9-4-2-5-10(8-9)18(16,17)14-12(15)11-6-3-7-13-11/h2,4-5,8,11,13H,3,6-7H2,1H3,(H,14,15)/t11-/m1/s1. The molecule has 1 saturated heterocycles. The molecule has 18 heavy (non-hydrogen) atoms. The number of sulfonamides is 1. The van der Waals surface area contributed by atoms with E-state index >= 15 is 0 Å². The van der Waals surface area contributed by atoms with Crippen LogP contribution in [0.5, 0.6) is 0 Å². The monoisotopic (exact) mass is 268 g/mol. The Hall–Kier alpha value is -1.40. The van der Waals surface area contributed by atoms with Gasteiger partial charge in [0.15, 0.2) is 0 Å². The first-order valence-electron chi connectivity index (χ1n) is 5.86. The summed E-state index contributed by atoms with van der Waals surface area (Å²) in [6.45, 7) is 2.56. The van der Waals surface area contributed by atoms with Crippen molar-refractivity contribution in [1.29, 1.82) is 0 Å². The summed E-state index contributed by atoms with van der Waals surface area (Å²) in [5, 5.41) is 2.97. The lowest BCUT2D eigenvalue weighted by molar-refractivity contribution is -0.121. The molecule has 0 aliphatic carbocycles. The second-order valence-corrected chi connectivity index (χ2v) is 6.12. The summed E-state index contributed by atoms with van der Waals surface area (Å²) in [7, 11) is -3.76. The molecule has 1 aromatic rings. The molecular formula is C12H16N2O3S. The Kier molecular flexibility index (Phi) is 3.68. The minimum atomic E-state index is -3.76. The summed E-state index contributed by atoms with van der Waals surface area (Å²) in [5.41, 5.74) is 0.837. The Morgan fingerprint density at radius 3 is 2.83 bits per heavy atom. The molecular weight excluding hydrogens is 252 g/mol. The van der Waals surface area contributed by atoms with Crippen LogP contribution in [0.2, 0.25) is 0 Å². The second kappa shape index (κ2) is 5.07. The van der Waals surface area contributed by atoms with Crippen LogP contribution in [0.1, 0.15) is 18.4 Å². The zero-order chi connectivity index (χ0) is 13.2. The van der Waals surface area contributed by atoms with Crippen molar-refractivity contribution >= 4 is 15.9 Å². The summed E-state index contributed by atoms with van der Waals surface area (Å²) in [6, 6.07) is 6.08. The molecule has 2 rings (SSSR count). The third kappa shape index (κ3) is 2.88. The van der Waals surface area contributed by atoms with Gasteiger partial charge in [-0.05, 0) is 44.0 Å². The Morgan fingerprint density at radius 1 is 1.44 bits per heavy atom. The van der Waals surface area contributed by atoms with Crippen LogP contribution in [0.25, 0.3) is 0 Å². The molecule has 5 nitrogen and oxygen atoms in total. The normalized spacial score (nSPS) is 19.7. The maximum atomic E-state index is 12.0. The van der Waals surface area contributed by atoms with Gasteiger partial charge in [-0.25, -0.2) is 13.1 Å². The van der Waals surface area contributed by atoms with Gasteiger partial charge >= 0.3 is 0 Å². The number of rotatable bonds is 3. The Balaban J connectivity index is 2.14. The summed E-state index contributed by atoms with van der Waals surface area (Å²) < 4.78 is 26.1. The van der Waals surface area contributed by atoms with E-state index < -0.39 is 22.0 Å². The molecule has 1 aliphatic heterocycles. The fraction of sp³-hybridized carbons (Fsp3) is 0.417. The van der Waals surface area contributed by atoms with E-state index in [-0.39, 0.29) is 4.90 Å². The maximum absolute atomic E-state index is 12.0. The lowest BCUT2D eigenvalue weighted by Gasteiger charge is -2.11. The summed E-state index contributed by atoms with van der Waals surface area (Å²) in [6.07, 6.45) is 1.57. The zero-order valence-electron chi connectivity index (χ0n) is 10.1. The Morgan fingerprint density at radius 2 is 2.22 bits per heavy atom. The molecule has 0 radical (unpaired) electrons. The number of hydrogen-bond donors (Lipinski definition) is 2. The largest absolute Gasteiger partial charge is 0.306 e. The predicted molar refractivity (Wildman–Crippen MR) is 67.5 cm³/mol. The average Bonchev–Trinajstić information content (AvgIpc) is 2.82. The van der Waals surface area contributed by atoms with Gasteiger partial charge in [-0.15, -0.1) is 0 Å². The quantitative estimate of drug-likeness (QED) is 0.839. The van der Waals surface area contributed by atoms with Gasteiger partial charge in [0.25, 0.3) is 15.9 Å². The van der Waals surface area contributed by atoms with Crippen molar-refractivity contribution in [3.05, 3.63) is 29.8 Å². The maximum Gasteiger partial charge on any atom is 0.264 e. The van der Waals surface area contributed by atoms with Gasteiger partial charge in [-0.1, -0.05) is 12.1 Å². The Labute approximate surface area is 107 Å². The molecule has 98 valence electrons. The molecule has 1 fully saturated rings. The van der Waals surface area contributed by atoms with Crippen molar-refractivity contribution in [2.24, 2.45) is 0 Å². The van der Waals surface area contributed by atoms with E-state index in [0.717, 1.165) is 18.5 Å². The van der Waals surface area contributed by atoms with Crippen molar-refractivity contribution in [3.63, 3.8) is 0 Å². The van der Waals surface area contributed by atoms with E-state index in [1.165, 1.54) is 12.1 Å². The summed E-state index contributed by atoms with van der Waals surface area (Å²) in [4.78, 5) is 11.9. The molecule has 1 amide bonds. The first-order valence-corrected chi connectivity index (χ1v) is 7.34. The molecule has 2 N–H and O–H groups in total. The smallest absolute Gasteiger partial charge is 0.264 e. The van der Waals surface area contributed by atoms with Crippen LogP contribution in [0, 0.1) is 6.92 Å². The molecule has 6 heteroatoms. The first kappa shape index (κ1) is 13.0.